The minimum absolute atomic E-state index is 0.0817. The summed E-state index contributed by atoms with van der Waals surface area (Å²) in [5.41, 5.74) is 0.981. The molecular weight excluding hydrogens is 250 g/mol. The highest BCUT2D eigenvalue weighted by Gasteiger charge is 2.13. The van der Waals surface area contributed by atoms with Gasteiger partial charge in [0, 0.05) is 29.7 Å². The first-order chi connectivity index (χ1) is 8.58. The van der Waals surface area contributed by atoms with Crippen LogP contribution in [0.25, 0.3) is 0 Å². The smallest absolute Gasteiger partial charge is 0.166 e. The van der Waals surface area contributed by atoms with Crippen LogP contribution in [0.4, 0.5) is 0 Å². The van der Waals surface area contributed by atoms with Crippen molar-refractivity contribution in [3.8, 4) is 11.5 Å². The number of ether oxygens (including phenoxy) is 2. The van der Waals surface area contributed by atoms with Gasteiger partial charge in [-0.1, -0.05) is 17.7 Å². The van der Waals surface area contributed by atoms with Crippen molar-refractivity contribution >= 4 is 11.6 Å². The fourth-order valence-electron chi connectivity index (χ4n) is 1.58. The quantitative estimate of drug-likeness (QED) is 0.608. The predicted octanol–water partition coefficient (Wildman–Crippen LogP) is 3.41. The zero-order valence-electron chi connectivity index (χ0n) is 11.1. The molecule has 0 unspecified atom stereocenters. The van der Waals surface area contributed by atoms with Crippen molar-refractivity contribution in [2.45, 2.75) is 26.5 Å². The van der Waals surface area contributed by atoms with Crippen molar-refractivity contribution in [1.29, 1.82) is 0 Å². The van der Waals surface area contributed by atoms with Gasteiger partial charge in [-0.2, -0.15) is 0 Å². The normalized spacial score (nSPS) is 10.5. The molecule has 0 spiro atoms. The number of methoxy groups -OCH3 is 1. The van der Waals surface area contributed by atoms with E-state index in [1.165, 1.54) is 0 Å². The van der Waals surface area contributed by atoms with E-state index in [9.17, 15) is 0 Å². The highest BCUT2D eigenvalue weighted by Crippen LogP contribution is 2.35. The van der Waals surface area contributed by atoms with E-state index in [4.69, 9.17) is 21.1 Å². The molecule has 0 aromatic heterocycles. The maximum Gasteiger partial charge on any atom is 0.166 e. The molecule has 0 aliphatic heterocycles. The number of hydrogen-bond acceptors (Lipinski definition) is 3. The molecule has 1 aromatic carbocycles. The van der Waals surface area contributed by atoms with Gasteiger partial charge in [-0.3, -0.25) is 0 Å². The van der Waals surface area contributed by atoms with Gasteiger partial charge < -0.3 is 14.8 Å². The van der Waals surface area contributed by atoms with Gasteiger partial charge in [0.25, 0.3) is 0 Å². The van der Waals surface area contributed by atoms with Gasteiger partial charge in [0.05, 0.1) is 13.2 Å². The third-order valence-electron chi connectivity index (χ3n) is 2.27. The molecule has 0 fully saturated rings. The molecule has 1 aromatic rings. The van der Waals surface area contributed by atoms with Crippen molar-refractivity contribution in [2.24, 2.45) is 0 Å². The number of hydrogen-bond donors (Lipinski definition) is 1. The summed E-state index contributed by atoms with van der Waals surface area (Å²) in [5, 5.41) is 3.87. The first-order valence-electron chi connectivity index (χ1n) is 5.93. The summed E-state index contributed by atoms with van der Waals surface area (Å²) in [5.74, 6) is 1.40. The molecule has 1 rings (SSSR count). The van der Waals surface area contributed by atoms with E-state index in [2.05, 4.69) is 11.9 Å². The second-order valence-corrected chi connectivity index (χ2v) is 4.62. The lowest BCUT2D eigenvalue weighted by Gasteiger charge is -2.18. The van der Waals surface area contributed by atoms with E-state index < -0.39 is 0 Å². The molecule has 18 heavy (non-hydrogen) atoms. The zero-order chi connectivity index (χ0) is 13.5. The van der Waals surface area contributed by atoms with Gasteiger partial charge in [-0.25, -0.2) is 0 Å². The van der Waals surface area contributed by atoms with Crippen molar-refractivity contribution in [1.82, 2.24) is 5.32 Å². The second-order valence-electron chi connectivity index (χ2n) is 4.18. The second kappa shape index (κ2) is 7.29. The minimum Gasteiger partial charge on any atom is -0.493 e. The topological polar surface area (TPSA) is 30.5 Å². The highest BCUT2D eigenvalue weighted by atomic mass is 35.5. The Bertz CT molecular complexity index is 405. The van der Waals surface area contributed by atoms with Crippen LogP contribution in [-0.4, -0.2) is 19.8 Å². The van der Waals surface area contributed by atoms with Crippen LogP contribution in [0.1, 0.15) is 19.4 Å². The summed E-state index contributed by atoms with van der Waals surface area (Å²) in [4.78, 5) is 0. The van der Waals surface area contributed by atoms with Gasteiger partial charge in [0.2, 0.25) is 0 Å². The van der Waals surface area contributed by atoms with Crippen molar-refractivity contribution < 1.29 is 9.47 Å². The Morgan fingerprint density at radius 3 is 2.72 bits per heavy atom. The lowest BCUT2D eigenvalue weighted by Crippen LogP contribution is -2.15. The third-order valence-corrected chi connectivity index (χ3v) is 2.49. The maximum absolute atomic E-state index is 6.07. The Kier molecular flexibility index (Phi) is 6.02. The predicted molar refractivity (Wildman–Crippen MR) is 75.7 cm³/mol. The van der Waals surface area contributed by atoms with Crippen LogP contribution in [0.2, 0.25) is 5.02 Å². The average Bonchev–Trinajstić information content (AvgIpc) is 2.31. The molecule has 0 atom stereocenters. The molecule has 3 nitrogen and oxygen atoms in total. The van der Waals surface area contributed by atoms with Gasteiger partial charge >= 0.3 is 0 Å². The third kappa shape index (κ3) is 4.24. The standard InChI is InChI=1S/C14H20ClNO2/c1-5-6-16-9-11-7-12(15)8-13(17-4)14(11)18-10(2)3/h5,7-8,10,16H,1,6,9H2,2-4H3. The minimum atomic E-state index is 0.0817. The summed E-state index contributed by atoms with van der Waals surface area (Å²) in [7, 11) is 1.61. The molecule has 0 amide bonds. The molecule has 0 saturated heterocycles. The van der Waals surface area contributed by atoms with E-state index in [0.29, 0.717) is 17.3 Å². The number of nitrogens with one attached hydrogen (secondary N) is 1. The monoisotopic (exact) mass is 269 g/mol. The molecule has 1 N–H and O–H groups in total. The first-order valence-corrected chi connectivity index (χ1v) is 6.31. The maximum atomic E-state index is 6.07. The summed E-state index contributed by atoms with van der Waals surface area (Å²) < 4.78 is 11.1. The molecular formula is C14H20ClNO2. The molecule has 0 radical (unpaired) electrons. The largest absolute Gasteiger partial charge is 0.493 e. The highest BCUT2D eigenvalue weighted by molar-refractivity contribution is 6.30. The Balaban J connectivity index is 3.02. The van der Waals surface area contributed by atoms with E-state index in [1.54, 1.807) is 13.2 Å². The number of halogens is 1. The van der Waals surface area contributed by atoms with Crippen molar-refractivity contribution in [3.05, 3.63) is 35.4 Å². The Morgan fingerprint density at radius 2 is 2.17 bits per heavy atom. The Labute approximate surface area is 114 Å². The number of rotatable bonds is 7. The molecule has 0 heterocycles. The van der Waals surface area contributed by atoms with Gasteiger partial charge in [-0.05, 0) is 19.9 Å². The zero-order valence-corrected chi connectivity index (χ0v) is 11.9. The van der Waals surface area contributed by atoms with Gasteiger partial charge in [0.15, 0.2) is 11.5 Å². The van der Waals surface area contributed by atoms with Crippen LogP contribution in [0.5, 0.6) is 11.5 Å². The van der Waals surface area contributed by atoms with E-state index in [-0.39, 0.29) is 6.10 Å². The van der Waals surface area contributed by atoms with E-state index in [1.807, 2.05) is 26.0 Å². The van der Waals surface area contributed by atoms with E-state index >= 15 is 0 Å². The van der Waals surface area contributed by atoms with E-state index in [0.717, 1.165) is 17.9 Å². The first kappa shape index (κ1) is 14.9. The molecule has 100 valence electrons. The molecule has 0 aliphatic rings. The summed E-state index contributed by atoms with van der Waals surface area (Å²) in [6, 6.07) is 3.65. The van der Waals surface area contributed by atoms with Gasteiger partial charge in [-0.15, -0.1) is 6.58 Å². The molecule has 0 bridgehead atoms. The fraction of sp³-hybridized carbons (Fsp3) is 0.429. The fourth-order valence-corrected chi connectivity index (χ4v) is 1.81. The lowest BCUT2D eigenvalue weighted by atomic mass is 10.1. The average molecular weight is 270 g/mol. The van der Waals surface area contributed by atoms with Crippen LogP contribution in [0.3, 0.4) is 0 Å². The Hall–Kier alpha value is -1.19. The van der Waals surface area contributed by atoms with Crippen LogP contribution in [0, 0.1) is 0 Å². The summed E-state index contributed by atoms with van der Waals surface area (Å²) in [6.45, 7) is 9.02. The van der Waals surface area contributed by atoms with Crippen molar-refractivity contribution in [3.63, 3.8) is 0 Å². The lowest BCUT2D eigenvalue weighted by molar-refractivity contribution is 0.227. The molecule has 4 heteroatoms. The summed E-state index contributed by atoms with van der Waals surface area (Å²) in [6.07, 6.45) is 1.89. The molecule has 0 saturated carbocycles. The summed E-state index contributed by atoms with van der Waals surface area (Å²) >= 11 is 6.07. The van der Waals surface area contributed by atoms with Crippen LogP contribution >= 0.6 is 11.6 Å². The number of benzene rings is 1. The van der Waals surface area contributed by atoms with Gasteiger partial charge in [0.1, 0.15) is 0 Å². The SMILES string of the molecule is C=CCNCc1cc(Cl)cc(OC)c1OC(C)C. The molecule has 0 aliphatic carbocycles. The van der Waals surface area contributed by atoms with Crippen LogP contribution in [0.15, 0.2) is 24.8 Å². The van der Waals surface area contributed by atoms with Crippen LogP contribution < -0.4 is 14.8 Å². The Morgan fingerprint density at radius 1 is 1.44 bits per heavy atom. The van der Waals surface area contributed by atoms with Crippen LogP contribution in [-0.2, 0) is 6.54 Å². The van der Waals surface area contributed by atoms with Crippen molar-refractivity contribution in [2.75, 3.05) is 13.7 Å².